The maximum Gasteiger partial charge on any atom is 0.407 e. The number of nitrogens with one attached hydrogen (secondary N) is 1. The van der Waals surface area contributed by atoms with Crippen molar-refractivity contribution in [2.75, 3.05) is 34.9 Å². The van der Waals surface area contributed by atoms with Crippen LogP contribution in [0.4, 0.5) is 4.79 Å². The molecule has 0 spiro atoms. The van der Waals surface area contributed by atoms with Crippen LogP contribution in [-0.4, -0.2) is 157 Å². The summed E-state index contributed by atoms with van der Waals surface area (Å²) in [6.45, 7) is 19.5. The van der Waals surface area contributed by atoms with Crippen LogP contribution < -0.4 is 5.32 Å². The van der Waals surface area contributed by atoms with E-state index in [0.29, 0.717) is 13.0 Å². The fourth-order valence-corrected chi connectivity index (χ4v) is 9.18. The van der Waals surface area contributed by atoms with Gasteiger partial charge in [0.25, 0.3) is 0 Å². The van der Waals surface area contributed by atoms with Crippen molar-refractivity contribution in [3.05, 3.63) is 0 Å². The van der Waals surface area contributed by atoms with Gasteiger partial charge in [-0.15, -0.1) is 0 Å². The maximum absolute atomic E-state index is 14.4. The zero-order valence-electron chi connectivity index (χ0n) is 37.7. The largest absolute Gasteiger partial charge is 0.459 e. The van der Waals surface area contributed by atoms with Gasteiger partial charge in [-0.25, -0.2) is 4.79 Å². The quantitative estimate of drug-likeness (QED) is 0.220. The highest BCUT2D eigenvalue weighted by Gasteiger charge is 2.55. The molecule has 16 heteroatoms. The molecule has 338 valence electrons. The van der Waals surface area contributed by atoms with Crippen molar-refractivity contribution in [3.63, 3.8) is 0 Å². The minimum absolute atomic E-state index is 0.0893. The summed E-state index contributed by atoms with van der Waals surface area (Å²) in [6.07, 6.45) is -8.86. The minimum Gasteiger partial charge on any atom is -0.459 e. The van der Waals surface area contributed by atoms with Crippen LogP contribution >= 0.6 is 0 Å². The number of ether oxygens (including phenoxy) is 8. The number of esters is 1. The summed E-state index contributed by atoms with van der Waals surface area (Å²) < 4.78 is 50.5. The number of Topliss-reactive ketones (excluding diaryl/α,β-unsaturated/α-hetero) is 1. The molecule has 0 aromatic rings. The first kappa shape index (κ1) is 50.4. The Morgan fingerprint density at radius 3 is 2.05 bits per heavy atom. The van der Waals surface area contributed by atoms with Crippen LogP contribution in [-0.2, 0) is 47.5 Å². The molecule has 0 aromatic heterocycles. The second-order valence-electron chi connectivity index (χ2n) is 17.9. The Morgan fingerprint density at radius 2 is 1.50 bits per heavy atom. The van der Waals surface area contributed by atoms with E-state index in [1.807, 2.05) is 39.8 Å². The zero-order valence-corrected chi connectivity index (χ0v) is 37.7. The predicted molar refractivity (Wildman–Crippen MR) is 214 cm³/mol. The van der Waals surface area contributed by atoms with Gasteiger partial charge in [-0.2, -0.15) is 0 Å². The number of cyclic esters (lactones) is 1. The lowest BCUT2D eigenvalue weighted by molar-refractivity contribution is -0.319. The topological polar surface area (TPSA) is 201 Å². The molecule has 0 aromatic carbocycles. The van der Waals surface area contributed by atoms with Crippen molar-refractivity contribution in [1.29, 1.82) is 0 Å². The number of carbonyl (C=O) groups excluding carboxylic acids is 3. The number of likely N-dealkylation sites (N-methyl/N-ethyl adjacent to an activating group) is 1. The van der Waals surface area contributed by atoms with Gasteiger partial charge < -0.3 is 63.4 Å². The molecule has 58 heavy (non-hydrogen) atoms. The van der Waals surface area contributed by atoms with Crippen LogP contribution in [0.1, 0.15) is 108 Å². The van der Waals surface area contributed by atoms with Crippen LogP contribution in [0.3, 0.4) is 0 Å². The molecule has 0 bridgehead atoms. The summed E-state index contributed by atoms with van der Waals surface area (Å²) in [7, 11) is 6.76. The van der Waals surface area contributed by atoms with E-state index in [1.165, 1.54) is 21.1 Å². The van der Waals surface area contributed by atoms with Crippen molar-refractivity contribution in [3.8, 4) is 0 Å². The Bertz CT molecular complexity index is 1350. The molecule has 0 saturated carbocycles. The van der Waals surface area contributed by atoms with Gasteiger partial charge in [0, 0.05) is 51.0 Å². The molecule has 3 aliphatic heterocycles. The van der Waals surface area contributed by atoms with E-state index in [2.05, 4.69) is 5.32 Å². The SMILES string of the molecule is CCCNC(=O)O[C@H]1[C@H](C)O[C@@H](O[C@H]2[C@H](C)[C@@H](O[C@@H]3O[C@H](C)C[C@H](N(C)C)[C@H]3O)[C@](C)(OC)C[C@@H](C)C(=O)[C@H](C)[C@@H](O)[C@](C)(O)[C@@H](CC)OC(=O)[C@@H]2C)C[C@@]1(C)OC. The molecular weight excluding hydrogens is 756 g/mol. The van der Waals surface area contributed by atoms with Crippen molar-refractivity contribution in [2.24, 2.45) is 23.7 Å². The number of hydrogen-bond donors (Lipinski definition) is 4. The Hall–Kier alpha value is -1.99. The lowest BCUT2D eigenvalue weighted by Gasteiger charge is -2.50. The zero-order chi connectivity index (χ0) is 44.1. The molecule has 0 aliphatic carbocycles. The highest BCUT2D eigenvalue weighted by Crippen LogP contribution is 2.42. The number of nitrogens with zero attached hydrogens (tertiary/aromatic N) is 1. The first-order valence-corrected chi connectivity index (χ1v) is 21.1. The predicted octanol–water partition coefficient (Wildman–Crippen LogP) is 3.58. The normalized spacial score (nSPS) is 45.0. The number of aliphatic hydroxyl groups excluding tert-OH is 2. The van der Waals surface area contributed by atoms with Crippen molar-refractivity contribution in [1.82, 2.24) is 10.2 Å². The van der Waals surface area contributed by atoms with Gasteiger partial charge in [-0.1, -0.05) is 34.6 Å². The van der Waals surface area contributed by atoms with Gasteiger partial charge in [0.05, 0.1) is 42.0 Å². The number of carbonyl (C=O) groups is 3. The molecule has 16 nitrogen and oxygen atoms in total. The molecule has 0 unspecified atom stereocenters. The molecule has 3 saturated heterocycles. The van der Waals surface area contributed by atoms with Crippen LogP contribution in [0.5, 0.6) is 0 Å². The average molecular weight is 833 g/mol. The highest BCUT2D eigenvalue weighted by atomic mass is 16.7. The number of ketones is 1. The number of aliphatic hydroxyl groups is 3. The van der Waals surface area contributed by atoms with E-state index in [4.69, 9.17) is 37.9 Å². The number of rotatable bonds is 11. The Morgan fingerprint density at radius 1 is 0.897 bits per heavy atom. The summed E-state index contributed by atoms with van der Waals surface area (Å²) in [6, 6.07) is -0.304. The molecule has 3 heterocycles. The number of methoxy groups -OCH3 is 2. The standard InChI is InChI=1S/C42H76N2O14/c1-16-18-43-39(49)58-36-27(8)54-30(21-41(36,10)52-15)56-33-25(6)35(57-38-32(46)28(44(12)13)19-23(4)53-38)40(9,51-14)20-22(3)31(45)24(5)34(47)42(11,50)29(17-2)55-37(48)26(33)7/h22-30,32-36,38,46-47,50H,16-21H2,1-15H3,(H,43,49)/t22-,23-,24+,25+,26-,27+,28+,29-,30+,32-,33+,34-,35-,36+,38+,40-,41-,42-/m1/s1. The third kappa shape index (κ3) is 11.3. The van der Waals surface area contributed by atoms with Gasteiger partial charge in [0.1, 0.15) is 29.2 Å². The van der Waals surface area contributed by atoms with Gasteiger partial charge in [0.2, 0.25) is 0 Å². The molecule has 3 aliphatic rings. The summed E-state index contributed by atoms with van der Waals surface area (Å²) in [5.74, 6) is -4.62. The van der Waals surface area contributed by atoms with E-state index in [1.54, 1.807) is 48.5 Å². The molecule has 3 fully saturated rings. The molecule has 1 amide bonds. The highest BCUT2D eigenvalue weighted by molar-refractivity contribution is 5.83. The molecular formula is C42H76N2O14. The monoisotopic (exact) mass is 833 g/mol. The van der Waals surface area contributed by atoms with Gasteiger partial charge in [-0.3, -0.25) is 9.59 Å². The van der Waals surface area contributed by atoms with Gasteiger partial charge >= 0.3 is 12.1 Å². The second-order valence-corrected chi connectivity index (χ2v) is 17.9. The van der Waals surface area contributed by atoms with E-state index < -0.39 is 108 Å². The molecule has 18 atom stereocenters. The molecule has 3 rings (SSSR count). The van der Waals surface area contributed by atoms with Crippen molar-refractivity contribution >= 4 is 17.8 Å². The van der Waals surface area contributed by atoms with Crippen molar-refractivity contribution in [2.45, 2.75) is 193 Å². The van der Waals surface area contributed by atoms with Crippen molar-refractivity contribution < 1.29 is 67.6 Å². The molecule has 4 N–H and O–H groups in total. The average Bonchev–Trinajstić information content (AvgIpc) is 3.17. The van der Waals surface area contributed by atoms with Gasteiger partial charge in [-0.05, 0) is 81.3 Å². The van der Waals surface area contributed by atoms with E-state index in [0.717, 1.165) is 6.42 Å². The van der Waals surface area contributed by atoms with Gasteiger partial charge in [0.15, 0.2) is 18.7 Å². The Balaban J connectivity index is 2.20. The van der Waals surface area contributed by atoms with Crippen LogP contribution in [0.25, 0.3) is 0 Å². The third-order valence-corrected chi connectivity index (χ3v) is 13.0. The maximum atomic E-state index is 14.4. The summed E-state index contributed by atoms with van der Waals surface area (Å²) in [5, 5.41) is 37.6. The second kappa shape index (κ2) is 20.7. The van der Waals surface area contributed by atoms with Crippen LogP contribution in [0, 0.1) is 23.7 Å². The third-order valence-electron chi connectivity index (χ3n) is 13.0. The number of amides is 1. The van der Waals surface area contributed by atoms with Crippen LogP contribution in [0.15, 0.2) is 0 Å². The fraction of sp³-hybridized carbons (Fsp3) is 0.929. The Labute approximate surface area is 346 Å². The smallest absolute Gasteiger partial charge is 0.407 e. The van der Waals surface area contributed by atoms with E-state index in [9.17, 15) is 29.7 Å². The first-order valence-electron chi connectivity index (χ1n) is 21.1. The number of hydrogen-bond acceptors (Lipinski definition) is 15. The van der Waals surface area contributed by atoms with E-state index >= 15 is 0 Å². The number of alkyl carbamates (subject to hydrolysis) is 1. The first-order chi connectivity index (χ1) is 26.9. The lowest BCUT2D eigenvalue weighted by atomic mass is 9.74. The summed E-state index contributed by atoms with van der Waals surface area (Å²) >= 11 is 0. The van der Waals surface area contributed by atoms with E-state index in [-0.39, 0.29) is 37.2 Å². The Kier molecular flexibility index (Phi) is 18.0. The summed E-state index contributed by atoms with van der Waals surface area (Å²) in [5.41, 5.74) is -4.35. The fourth-order valence-electron chi connectivity index (χ4n) is 9.18. The lowest BCUT2D eigenvalue weighted by Crippen LogP contribution is -2.62. The molecule has 0 radical (unpaired) electrons. The minimum atomic E-state index is -1.99. The van der Waals surface area contributed by atoms with Crippen LogP contribution in [0.2, 0.25) is 0 Å². The summed E-state index contributed by atoms with van der Waals surface area (Å²) in [4.78, 5) is 43.1.